The lowest BCUT2D eigenvalue weighted by Gasteiger charge is -2.02. The maximum Gasteiger partial charge on any atom is 0.0991 e. The van der Waals surface area contributed by atoms with E-state index in [0.717, 1.165) is 20.3 Å². The lowest BCUT2D eigenvalue weighted by Crippen LogP contribution is -1.92. The molecule has 0 aromatic heterocycles. The van der Waals surface area contributed by atoms with Gasteiger partial charge in [0, 0.05) is 0 Å². The van der Waals surface area contributed by atoms with E-state index in [4.69, 9.17) is 5.26 Å². The van der Waals surface area contributed by atoms with Crippen LogP contribution in [0.15, 0.2) is 54.6 Å². The van der Waals surface area contributed by atoms with E-state index >= 15 is 0 Å². The first-order valence-corrected chi connectivity index (χ1v) is 6.37. The zero-order valence-electron chi connectivity index (χ0n) is 8.85. The van der Waals surface area contributed by atoms with Crippen LogP contribution in [-0.2, 0) is 6.16 Å². The second-order valence-corrected chi connectivity index (χ2v) is 4.81. The standard InChI is InChI=1S/C14H12NP/c15-10-12-6-8-13(9-7-12)11-16-14-4-2-1-3-5-14/h1-9,16H,11H2. The third-order valence-corrected chi connectivity index (χ3v) is 3.68. The molecule has 78 valence electrons. The lowest BCUT2D eigenvalue weighted by atomic mass is 10.2. The summed E-state index contributed by atoms with van der Waals surface area (Å²) in [4.78, 5) is 0. The molecule has 2 heteroatoms. The predicted molar refractivity (Wildman–Crippen MR) is 69.3 cm³/mol. The lowest BCUT2D eigenvalue weighted by molar-refractivity contribution is 1.39. The summed E-state index contributed by atoms with van der Waals surface area (Å²) >= 11 is 0. The van der Waals surface area contributed by atoms with Crippen molar-refractivity contribution in [3.63, 3.8) is 0 Å². The molecule has 16 heavy (non-hydrogen) atoms. The molecule has 0 aliphatic carbocycles. The van der Waals surface area contributed by atoms with Crippen LogP contribution in [0.1, 0.15) is 11.1 Å². The van der Waals surface area contributed by atoms with Crippen LogP contribution in [-0.4, -0.2) is 0 Å². The summed E-state index contributed by atoms with van der Waals surface area (Å²) in [6.07, 6.45) is 1.05. The topological polar surface area (TPSA) is 23.8 Å². The molecule has 1 unspecified atom stereocenters. The number of nitrogens with zero attached hydrogens (tertiary/aromatic N) is 1. The van der Waals surface area contributed by atoms with E-state index in [2.05, 4.69) is 30.3 Å². The molecular formula is C14H12NP. The predicted octanol–water partition coefficient (Wildman–Crippen LogP) is 3.06. The summed E-state index contributed by atoms with van der Waals surface area (Å²) < 4.78 is 0. The van der Waals surface area contributed by atoms with E-state index in [0.29, 0.717) is 0 Å². The van der Waals surface area contributed by atoms with Gasteiger partial charge in [-0.3, -0.25) is 0 Å². The molecule has 1 nitrogen and oxygen atoms in total. The van der Waals surface area contributed by atoms with Gasteiger partial charge >= 0.3 is 0 Å². The highest BCUT2D eigenvalue weighted by molar-refractivity contribution is 7.46. The fourth-order valence-corrected chi connectivity index (χ4v) is 2.53. The summed E-state index contributed by atoms with van der Waals surface area (Å²) in [5.41, 5.74) is 2.02. The summed E-state index contributed by atoms with van der Waals surface area (Å²) in [6.45, 7) is 0. The maximum absolute atomic E-state index is 8.69. The minimum atomic E-state index is 0.729. The number of hydrogen-bond donors (Lipinski definition) is 0. The number of rotatable bonds is 3. The SMILES string of the molecule is N#Cc1ccc(CPc2ccccc2)cc1. The van der Waals surface area contributed by atoms with Gasteiger partial charge in [0.15, 0.2) is 0 Å². The maximum atomic E-state index is 8.69. The molecular weight excluding hydrogens is 213 g/mol. The molecule has 0 aliphatic heterocycles. The van der Waals surface area contributed by atoms with Gasteiger partial charge in [-0.25, -0.2) is 0 Å². The molecule has 0 bridgehead atoms. The first-order valence-electron chi connectivity index (χ1n) is 5.16. The van der Waals surface area contributed by atoms with Crippen molar-refractivity contribution in [2.24, 2.45) is 0 Å². The fourth-order valence-electron chi connectivity index (χ4n) is 1.46. The smallest absolute Gasteiger partial charge is 0.0991 e. The average molecular weight is 225 g/mol. The van der Waals surface area contributed by atoms with Gasteiger partial charge < -0.3 is 0 Å². The highest BCUT2D eigenvalue weighted by Crippen LogP contribution is 2.18. The van der Waals surface area contributed by atoms with Gasteiger partial charge in [0.1, 0.15) is 0 Å². The van der Waals surface area contributed by atoms with Gasteiger partial charge in [-0.05, 0) is 29.2 Å². The quantitative estimate of drug-likeness (QED) is 0.736. The van der Waals surface area contributed by atoms with Crippen LogP contribution in [0.3, 0.4) is 0 Å². The van der Waals surface area contributed by atoms with E-state index in [1.807, 2.05) is 30.3 Å². The van der Waals surface area contributed by atoms with Crippen molar-refractivity contribution in [1.29, 1.82) is 5.26 Å². The second kappa shape index (κ2) is 5.45. The van der Waals surface area contributed by atoms with Crippen molar-refractivity contribution in [3.8, 4) is 6.07 Å². The molecule has 0 fully saturated rings. The summed E-state index contributed by atoms with van der Waals surface area (Å²) in [5.74, 6) is 0. The molecule has 1 atom stereocenters. The van der Waals surface area contributed by atoms with Crippen LogP contribution in [0.25, 0.3) is 0 Å². The van der Waals surface area contributed by atoms with Crippen molar-refractivity contribution in [3.05, 3.63) is 65.7 Å². The Morgan fingerprint density at radius 1 is 0.938 bits per heavy atom. The van der Waals surface area contributed by atoms with Gasteiger partial charge in [-0.15, -0.1) is 0 Å². The Labute approximate surface area is 97.5 Å². The van der Waals surface area contributed by atoms with Crippen LogP contribution < -0.4 is 5.30 Å². The minimum Gasteiger partial charge on any atom is -0.192 e. The van der Waals surface area contributed by atoms with Crippen LogP contribution in [0.4, 0.5) is 0 Å². The highest BCUT2D eigenvalue weighted by Gasteiger charge is 1.95. The summed E-state index contributed by atoms with van der Waals surface area (Å²) in [5, 5.41) is 10.1. The highest BCUT2D eigenvalue weighted by atomic mass is 31.1. The first-order chi connectivity index (χ1) is 7.88. The van der Waals surface area contributed by atoms with E-state index in [1.165, 1.54) is 10.9 Å². The second-order valence-electron chi connectivity index (χ2n) is 3.53. The Kier molecular flexibility index (Phi) is 3.70. The Morgan fingerprint density at radius 2 is 1.62 bits per heavy atom. The molecule has 2 aromatic carbocycles. The van der Waals surface area contributed by atoms with Crippen molar-refractivity contribution < 1.29 is 0 Å². The van der Waals surface area contributed by atoms with E-state index in [-0.39, 0.29) is 0 Å². The Balaban J connectivity index is 1.98. The molecule has 0 heterocycles. The largest absolute Gasteiger partial charge is 0.192 e. The van der Waals surface area contributed by atoms with Gasteiger partial charge in [-0.2, -0.15) is 5.26 Å². The molecule has 0 radical (unpaired) electrons. The van der Waals surface area contributed by atoms with Crippen LogP contribution >= 0.6 is 8.58 Å². The van der Waals surface area contributed by atoms with E-state index < -0.39 is 0 Å². The van der Waals surface area contributed by atoms with Crippen molar-refractivity contribution in [2.75, 3.05) is 0 Å². The summed E-state index contributed by atoms with van der Waals surface area (Å²) in [6, 6.07) is 20.5. The van der Waals surface area contributed by atoms with Gasteiger partial charge in [0.05, 0.1) is 11.6 Å². The number of nitriles is 1. The van der Waals surface area contributed by atoms with Crippen LogP contribution in [0, 0.1) is 11.3 Å². The summed E-state index contributed by atoms with van der Waals surface area (Å²) in [7, 11) is 0.796. The third kappa shape index (κ3) is 2.92. The van der Waals surface area contributed by atoms with Crippen molar-refractivity contribution in [1.82, 2.24) is 0 Å². The molecule has 0 aliphatic rings. The Morgan fingerprint density at radius 3 is 2.25 bits per heavy atom. The Hall–Kier alpha value is -1.64. The average Bonchev–Trinajstić information content (AvgIpc) is 2.38. The molecule has 2 rings (SSSR count). The van der Waals surface area contributed by atoms with Crippen molar-refractivity contribution in [2.45, 2.75) is 6.16 Å². The first kappa shape index (κ1) is 10.9. The van der Waals surface area contributed by atoms with Gasteiger partial charge in [-0.1, -0.05) is 51.0 Å². The molecule has 0 spiro atoms. The van der Waals surface area contributed by atoms with Crippen molar-refractivity contribution >= 4 is 13.9 Å². The van der Waals surface area contributed by atoms with Gasteiger partial charge in [0.25, 0.3) is 0 Å². The van der Waals surface area contributed by atoms with E-state index in [1.54, 1.807) is 0 Å². The zero-order valence-corrected chi connectivity index (χ0v) is 9.85. The number of benzene rings is 2. The molecule has 0 amide bonds. The third-order valence-electron chi connectivity index (χ3n) is 2.35. The monoisotopic (exact) mass is 225 g/mol. The normalized spacial score (nSPS) is 10.4. The molecule has 0 saturated carbocycles. The zero-order chi connectivity index (χ0) is 11.2. The van der Waals surface area contributed by atoms with Gasteiger partial charge in [0.2, 0.25) is 0 Å². The molecule has 0 N–H and O–H groups in total. The Bertz CT molecular complexity index is 482. The van der Waals surface area contributed by atoms with Crippen LogP contribution in [0.2, 0.25) is 0 Å². The van der Waals surface area contributed by atoms with E-state index in [9.17, 15) is 0 Å². The number of hydrogen-bond acceptors (Lipinski definition) is 1. The fraction of sp³-hybridized carbons (Fsp3) is 0.0714. The van der Waals surface area contributed by atoms with Crippen LogP contribution in [0.5, 0.6) is 0 Å². The minimum absolute atomic E-state index is 0.729. The molecule has 0 saturated heterocycles. The molecule has 2 aromatic rings.